The summed E-state index contributed by atoms with van der Waals surface area (Å²) in [5.74, 6) is 0. The quantitative estimate of drug-likeness (QED) is 0.782. The van der Waals surface area contributed by atoms with Gasteiger partial charge < -0.3 is 10.5 Å². The number of benzene rings is 1. The number of ether oxygens (including phenoxy) is 1. The van der Waals surface area contributed by atoms with Gasteiger partial charge in [0.25, 0.3) is 0 Å². The topological polar surface area (TPSA) is 81.4 Å². The highest BCUT2D eigenvalue weighted by atomic mass is 79.9. The molecule has 0 saturated carbocycles. The van der Waals surface area contributed by atoms with Crippen LogP contribution in [0.3, 0.4) is 0 Å². The molecule has 0 amide bonds. The number of nitrogens with two attached hydrogens (primary N) is 1. The van der Waals surface area contributed by atoms with Gasteiger partial charge in [-0.1, -0.05) is 13.0 Å². The largest absolute Gasteiger partial charge is 0.383 e. The molecule has 0 aliphatic rings. The minimum atomic E-state index is -3.57. The van der Waals surface area contributed by atoms with Crippen LogP contribution in [0.25, 0.3) is 0 Å². The molecule has 0 aliphatic carbocycles. The van der Waals surface area contributed by atoms with Crippen molar-refractivity contribution in [2.75, 3.05) is 13.7 Å². The van der Waals surface area contributed by atoms with Crippen LogP contribution in [0.2, 0.25) is 0 Å². The van der Waals surface area contributed by atoms with Crippen molar-refractivity contribution in [3.05, 3.63) is 28.2 Å². The van der Waals surface area contributed by atoms with Crippen molar-refractivity contribution in [1.82, 2.24) is 4.72 Å². The van der Waals surface area contributed by atoms with E-state index in [0.717, 1.165) is 5.56 Å². The third-order valence-corrected chi connectivity index (χ3v) is 5.20. The Kier molecular flexibility index (Phi) is 6.41. The van der Waals surface area contributed by atoms with Gasteiger partial charge in [0.05, 0.1) is 11.5 Å². The maximum atomic E-state index is 12.3. The Hall–Kier alpha value is -0.470. The van der Waals surface area contributed by atoms with Crippen molar-refractivity contribution in [2.45, 2.75) is 30.8 Å². The molecule has 0 aromatic heterocycles. The molecule has 0 saturated heterocycles. The molecule has 1 unspecified atom stereocenters. The van der Waals surface area contributed by atoms with E-state index in [9.17, 15) is 8.42 Å². The van der Waals surface area contributed by atoms with Crippen molar-refractivity contribution < 1.29 is 13.2 Å². The average Bonchev–Trinajstić information content (AvgIpc) is 2.37. The highest BCUT2D eigenvalue weighted by Crippen LogP contribution is 2.23. The molecule has 3 N–H and O–H groups in total. The molecule has 1 aromatic rings. The van der Waals surface area contributed by atoms with Gasteiger partial charge in [-0.25, -0.2) is 13.1 Å². The van der Waals surface area contributed by atoms with E-state index >= 15 is 0 Å². The van der Waals surface area contributed by atoms with E-state index < -0.39 is 10.0 Å². The SMILES string of the molecule is CCC(COC)NS(=O)(=O)c1ccc(CN)cc1Br. The molecule has 19 heavy (non-hydrogen) atoms. The second-order valence-electron chi connectivity index (χ2n) is 4.15. The molecule has 108 valence electrons. The number of sulfonamides is 1. The normalized spacial score (nSPS) is 13.5. The summed E-state index contributed by atoms with van der Waals surface area (Å²) in [5, 5.41) is 0. The maximum absolute atomic E-state index is 12.3. The van der Waals surface area contributed by atoms with Crippen molar-refractivity contribution in [2.24, 2.45) is 5.73 Å². The van der Waals surface area contributed by atoms with E-state index in [1.165, 1.54) is 0 Å². The van der Waals surface area contributed by atoms with Gasteiger partial charge in [-0.2, -0.15) is 0 Å². The van der Waals surface area contributed by atoms with Gasteiger partial charge in [-0.15, -0.1) is 0 Å². The van der Waals surface area contributed by atoms with E-state index in [0.29, 0.717) is 24.0 Å². The average molecular weight is 351 g/mol. The van der Waals surface area contributed by atoms with Gasteiger partial charge >= 0.3 is 0 Å². The first-order chi connectivity index (χ1) is 8.94. The molecule has 1 aromatic carbocycles. The molecule has 0 radical (unpaired) electrons. The zero-order valence-corrected chi connectivity index (χ0v) is 13.4. The zero-order chi connectivity index (χ0) is 14.5. The van der Waals surface area contributed by atoms with Crippen molar-refractivity contribution in [1.29, 1.82) is 0 Å². The van der Waals surface area contributed by atoms with Crippen LogP contribution >= 0.6 is 15.9 Å². The van der Waals surface area contributed by atoms with Crippen LogP contribution in [0.1, 0.15) is 18.9 Å². The lowest BCUT2D eigenvalue weighted by molar-refractivity contribution is 0.173. The molecule has 0 fully saturated rings. The van der Waals surface area contributed by atoms with E-state index in [4.69, 9.17) is 10.5 Å². The first kappa shape index (κ1) is 16.6. The summed E-state index contributed by atoms with van der Waals surface area (Å²) in [4.78, 5) is 0.208. The molecule has 1 rings (SSSR count). The molecular formula is C12H19BrN2O3S. The molecule has 1 atom stereocenters. The van der Waals surface area contributed by atoms with Gasteiger partial charge in [0.2, 0.25) is 10.0 Å². The Labute approximate surface area is 122 Å². The molecule has 0 aliphatic heterocycles. The summed E-state index contributed by atoms with van der Waals surface area (Å²) >= 11 is 3.27. The van der Waals surface area contributed by atoms with Crippen molar-refractivity contribution in [3.8, 4) is 0 Å². The van der Waals surface area contributed by atoms with Gasteiger partial charge in [-0.05, 0) is 40.0 Å². The monoisotopic (exact) mass is 350 g/mol. The van der Waals surface area contributed by atoms with E-state index in [-0.39, 0.29) is 10.9 Å². The summed E-state index contributed by atoms with van der Waals surface area (Å²) in [7, 11) is -2.02. The maximum Gasteiger partial charge on any atom is 0.242 e. The highest BCUT2D eigenvalue weighted by Gasteiger charge is 2.21. The Morgan fingerprint density at radius 2 is 2.16 bits per heavy atom. The number of hydrogen-bond acceptors (Lipinski definition) is 4. The van der Waals surface area contributed by atoms with Crippen molar-refractivity contribution in [3.63, 3.8) is 0 Å². The van der Waals surface area contributed by atoms with Crippen molar-refractivity contribution >= 4 is 26.0 Å². The molecular weight excluding hydrogens is 332 g/mol. The number of halogens is 1. The van der Waals surface area contributed by atoms with E-state index in [2.05, 4.69) is 20.7 Å². The molecule has 7 heteroatoms. The van der Waals surface area contributed by atoms with Gasteiger partial charge in [0, 0.05) is 24.2 Å². The molecule has 5 nitrogen and oxygen atoms in total. The van der Waals surface area contributed by atoms with Crippen LogP contribution in [-0.2, 0) is 21.3 Å². The molecule has 0 heterocycles. The Bertz CT molecular complexity index is 520. The standard InChI is InChI=1S/C12H19BrN2O3S/c1-3-10(8-18-2)15-19(16,17)12-5-4-9(7-14)6-11(12)13/h4-6,10,15H,3,7-8,14H2,1-2H3. The van der Waals surface area contributed by atoms with Crippen LogP contribution in [-0.4, -0.2) is 28.2 Å². The summed E-state index contributed by atoms with van der Waals surface area (Å²) in [6.07, 6.45) is 0.658. The van der Waals surface area contributed by atoms with Gasteiger partial charge in [0.1, 0.15) is 0 Å². The van der Waals surface area contributed by atoms with E-state index in [1.807, 2.05) is 6.92 Å². The van der Waals surface area contributed by atoms with Crippen LogP contribution in [0.15, 0.2) is 27.6 Å². The highest BCUT2D eigenvalue weighted by molar-refractivity contribution is 9.10. The minimum Gasteiger partial charge on any atom is -0.383 e. The van der Waals surface area contributed by atoms with Gasteiger partial charge in [-0.3, -0.25) is 0 Å². The van der Waals surface area contributed by atoms with Crippen LogP contribution in [0.4, 0.5) is 0 Å². The fraction of sp³-hybridized carbons (Fsp3) is 0.500. The number of methoxy groups -OCH3 is 1. The minimum absolute atomic E-state index is 0.208. The first-order valence-electron chi connectivity index (χ1n) is 5.94. The fourth-order valence-electron chi connectivity index (χ4n) is 1.61. The predicted octanol–water partition coefficient (Wildman–Crippen LogP) is 1.61. The third-order valence-electron chi connectivity index (χ3n) is 2.70. The second kappa shape index (κ2) is 7.35. The Balaban J connectivity index is 3.00. The zero-order valence-electron chi connectivity index (χ0n) is 11.0. The van der Waals surface area contributed by atoms with Crippen LogP contribution in [0, 0.1) is 0 Å². The van der Waals surface area contributed by atoms with Crippen LogP contribution in [0.5, 0.6) is 0 Å². The van der Waals surface area contributed by atoms with Crippen LogP contribution < -0.4 is 10.5 Å². The summed E-state index contributed by atoms with van der Waals surface area (Å²) in [5.41, 5.74) is 6.39. The van der Waals surface area contributed by atoms with Gasteiger partial charge in [0.15, 0.2) is 0 Å². The summed E-state index contributed by atoms with van der Waals surface area (Å²) in [6, 6.07) is 4.73. The first-order valence-corrected chi connectivity index (χ1v) is 8.22. The Morgan fingerprint density at radius 1 is 1.47 bits per heavy atom. The van der Waals surface area contributed by atoms with E-state index in [1.54, 1.807) is 25.3 Å². The lowest BCUT2D eigenvalue weighted by Crippen LogP contribution is -2.37. The second-order valence-corrected chi connectivity index (χ2v) is 6.69. The Morgan fingerprint density at radius 3 is 2.63 bits per heavy atom. The number of rotatable bonds is 7. The lowest BCUT2D eigenvalue weighted by Gasteiger charge is -2.17. The fourth-order valence-corrected chi connectivity index (χ4v) is 4.04. The third kappa shape index (κ3) is 4.54. The smallest absolute Gasteiger partial charge is 0.242 e. The number of nitrogens with one attached hydrogen (secondary N) is 1. The summed E-state index contributed by atoms with van der Waals surface area (Å²) in [6.45, 7) is 2.61. The summed E-state index contributed by atoms with van der Waals surface area (Å²) < 4.78 is 32.7. The lowest BCUT2D eigenvalue weighted by atomic mass is 10.2. The number of hydrogen-bond donors (Lipinski definition) is 2. The molecule has 0 spiro atoms. The molecule has 0 bridgehead atoms. The predicted molar refractivity (Wildman–Crippen MR) is 78.3 cm³/mol.